The van der Waals surface area contributed by atoms with Crippen molar-refractivity contribution in [3.8, 4) is 0 Å². The van der Waals surface area contributed by atoms with Crippen molar-refractivity contribution in [1.82, 2.24) is 4.90 Å². The number of carboxylic acid groups (broad SMARTS) is 1. The molecule has 1 N–H and O–H groups in total. The Morgan fingerprint density at radius 3 is 2.44 bits per heavy atom. The maximum absolute atomic E-state index is 11.4. The van der Waals surface area contributed by atoms with Gasteiger partial charge in [-0.3, -0.25) is 9.69 Å². The molecule has 0 bridgehead atoms. The van der Waals surface area contributed by atoms with Gasteiger partial charge in [0, 0.05) is 12.6 Å². The average molecular weight is 255 g/mol. The van der Waals surface area contributed by atoms with Gasteiger partial charge in [0.1, 0.15) is 0 Å². The third kappa shape index (κ3) is 3.98. The third-order valence-electron chi connectivity index (χ3n) is 4.29. The van der Waals surface area contributed by atoms with E-state index >= 15 is 0 Å². The molecule has 1 rings (SSSR count). The minimum absolute atomic E-state index is 0.161. The van der Waals surface area contributed by atoms with Crippen molar-refractivity contribution in [2.45, 2.75) is 59.4 Å². The molecule has 3 unspecified atom stereocenters. The topological polar surface area (TPSA) is 40.5 Å². The fourth-order valence-electron chi connectivity index (χ4n) is 3.26. The average Bonchev–Trinajstić information content (AvgIpc) is 2.34. The Labute approximate surface area is 112 Å². The highest BCUT2D eigenvalue weighted by molar-refractivity contribution is 5.71. The fraction of sp³-hybridized carbons (Fsp3) is 0.933. The summed E-state index contributed by atoms with van der Waals surface area (Å²) in [4.78, 5) is 13.8. The first-order valence-corrected chi connectivity index (χ1v) is 7.46. The van der Waals surface area contributed by atoms with Gasteiger partial charge in [-0.2, -0.15) is 0 Å². The molecule has 0 aromatic rings. The first-order chi connectivity index (χ1) is 8.49. The molecule has 0 aliphatic heterocycles. The molecule has 0 spiro atoms. The van der Waals surface area contributed by atoms with Crippen molar-refractivity contribution in [1.29, 1.82) is 0 Å². The molecule has 106 valence electrons. The predicted molar refractivity (Wildman–Crippen MR) is 74.6 cm³/mol. The van der Waals surface area contributed by atoms with Crippen molar-refractivity contribution < 1.29 is 9.90 Å². The van der Waals surface area contributed by atoms with Crippen LogP contribution in [0, 0.1) is 17.8 Å². The number of aliphatic carboxylic acids is 1. The van der Waals surface area contributed by atoms with E-state index in [0.29, 0.717) is 11.8 Å². The van der Waals surface area contributed by atoms with E-state index in [9.17, 15) is 9.90 Å². The number of hydrogen-bond acceptors (Lipinski definition) is 2. The molecule has 1 aliphatic carbocycles. The monoisotopic (exact) mass is 255 g/mol. The van der Waals surface area contributed by atoms with Crippen molar-refractivity contribution in [3.63, 3.8) is 0 Å². The molecular weight excluding hydrogens is 226 g/mol. The quantitative estimate of drug-likeness (QED) is 0.792. The van der Waals surface area contributed by atoms with E-state index in [1.807, 2.05) is 0 Å². The summed E-state index contributed by atoms with van der Waals surface area (Å²) in [5, 5.41) is 9.42. The van der Waals surface area contributed by atoms with E-state index in [2.05, 4.69) is 32.6 Å². The second kappa shape index (κ2) is 7.13. The van der Waals surface area contributed by atoms with Gasteiger partial charge in [0.15, 0.2) is 0 Å². The van der Waals surface area contributed by atoms with Crippen LogP contribution in [0.4, 0.5) is 0 Å². The van der Waals surface area contributed by atoms with E-state index in [-0.39, 0.29) is 12.0 Å². The number of carbonyl (C=O) groups is 1. The lowest BCUT2D eigenvalue weighted by atomic mass is 9.76. The molecule has 1 saturated carbocycles. The number of rotatable bonds is 6. The summed E-state index contributed by atoms with van der Waals surface area (Å²) in [5.41, 5.74) is 0. The zero-order chi connectivity index (χ0) is 13.7. The lowest BCUT2D eigenvalue weighted by molar-refractivity contribution is -0.146. The highest BCUT2D eigenvalue weighted by Gasteiger charge is 2.37. The van der Waals surface area contributed by atoms with Gasteiger partial charge < -0.3 is 5.11 Å². The molecule has 18 heavy (non-hydrogen) atoms. The summed E-state index contributed by atoms with van der Waals surface area (Å²) in [7, 11) is 0. The van der Waals surface area contributed by atoms with Gasteiger partial charge in [-0.05, 0) is 37.6 Å². The molecule has 0 saturated heterocycles. The molecular formula is C15H29NO2. The maximum atomic E-state index is 11.4. The largest absolute Gasteiger partial charge is 0.481 e. The summed E-state index contributed by atoms with van der Waals surface area (Å²) < 4.78 is 0. The predicted octanol–water partition coefficient (Wildman–Crippen LogP) is 3.24. The molecule has 0 aromatic carbocycles. The number of hydrogen-bond donors (Lipinski definition) is 1. The van der Waals surface area contributed by atoms with Crippen LogP contribution >= 0.6 is 0 Å². The third-order valence-corrected chi connectivity index (χ3v) is 4.29. The Morgan fingerprint density at radius 2 is 2.00 bits per heavy atom. The van der Waals surface area contributed by atoms with Gasteiger partial charge >= 0.3 is 5.97 Å². The smallest absolute Gasteiger partial charge is 0.308 e. The van der Waals surface area contributed by atoms with Crippen molar-refractivity contribution in [3.05, 3.63) is 0 Å². The van der Waals surface area contributed by atoms with Crippen LogP contribution in [-0.4, -0.2) is 35.1 Å². The lowest BCUT2D eigenvalue weighted by Gasteiger charge is -2.41. The highest BCUT2D eigenvalue weighted by Crippen LogP contribution is 2.34. The summed E-state index contributed by atoms with van der Waals surface area (Å²) in [5.74, 6) is 0.552. The van der Waals surface area contributed by atoms with Crippen LogP contribution in [0.2, 0.25) is 0 Å². The zero-order valence-electron chi connectivity index (χ0n) is 12.4. The van der Waals surface area contributed by atoms with Crippen LogP contribution in [0.25, 0.3) is 0 Å². The van der Waals surface area contributed by atoms with E-state index in [1.54, 1.807) is 0 Å². The number of carboxylic acids is 1. The first kappa shape index (κ1) is 15.5. The fourth-order valence-corrected chi connectivity index (χ4v) is 3.26. The Balaban J connectivity index is 2.78. The maximum Gasteiger partial charge on any atom is 0.308 e. The molecule has 1 aliphatic rings. The van der Waals surface area contributed by atoms with Crippen molar-refractivity contribution in [2.24, 2.45) is 17.8 Å². The second-order valence-electron chi connectivity index (χ2n) is 6.08. The highest BCUT2D eigenvalue weighted by atomic mass is 16.4. The van der Waals surface area contributed by atoms with Crippen LogP contribution in [0.1, 0.15) is 53.4 Å². The van der Waals surface area contributed by atoms with Gasteiger partial charge in [-0.1, -0.05) is 34.1 Å². The van der Waals surface area contributed by atoms with E-state index in [0.717, 1.165) is 32.4 Å². The van der Waals surface area contributed by atoms with Crippen LogP contribution in [0.3, 0.4) is 0 Å². The molecule has 3 atom stereocenters. The Hall–Kier alpha value is -0.570. The summed E-state index contributed by atoms with van der Waals surface area (Å²) in [6, 6.07) is 0.244. The van der Waals surface area contributed by atoms with Crippen LogP contribution < -0.4 is 0 Å². The standard InChI is InChI=1S/C15H29NO2/c1-5-12-7-8-13(15(17)18)14(9-12)16(6-2)10-11(3)4/h11-14H,5-10H2,1-4H3,(H,17,18). The Bertz CT molecular complexity index is 265. The van der Waals surface area contributed by atoms with Gasteiger partial charge in [0.05, 0.1) is 5.92 Å². The Morgan fingerprint density at radius 1 is 1.33 bits per heavy atom. The van der Waals surface area contributed by atoms with Gasteiger partial charge in [0.25, 0.3) is 0 Å². The lowest BCUT2D eigenvalue weighted by Crippen LogP contribution is -2.48. The van der Waals surface area contributed by atoms with Crippen LogP contribution in [0.5, 0.6) is 0 Å². The van der Waals surface area contributed by atoms with E-state index in [4.69, 9.17) is 0 Å². The SMILES string of the molecule is CCC1CCC(C(=O)O)C(N(CC)CC(C)C)C1. The summed E-state index contributed by atoms with van der Waals surface area (Å²) >= 11 is 0. The Kier molecular flexibility index (Phi) is 6.13. The molecule has 0 amide bonds. The molecule has 3 heteroatoms. The summed E-state index contributed by atoms with van der Waals surface area (Å²) in [6.07, 6.45) is 4.19. The summed E-state index contributed by atoms with van der Waals surface area (Å²) in [6.45, 7) is 10.8. The van der Waals surface area contributed by atoms with Gasteiger partial charge in [0.2, 0.25) is 0 Å². The van der Waals surface area contributed by atoms with Crippen LogP contribution in [0.15, 0.2) is 0 Å². The first-order valence-electron chi connectivity index (χ1n) is 7.46. The zero-order valence-corrected chi connectivity index (χ0v) is 12.4. The van der Waals surface area contributed by atoms with Crippen molar-refractivity contribution in [2.75, 3.05) is 13.1 Å². The normalized spacial score (nSPS) is 28.9. The van der Waals surface area contributed by atoms with Gasteiger partial charge in [-0.15, -0.1) is 0 Å². The molecule has 0 heterocycles. The van der Waals surface area contributed by atoms with Crippen LogP contribution in [-0.2, 0) is 4.79 Å². The van der Waals surface area contributed by atoms with E-state index in [1.165, 1.54) is 6.42 Å². The second-order valence-corrected chi connectivity index (χ2v) is 6.08. The van der Waals surface area contributed by atoms with Gasteiger partial charge in [-0.25, -0.2) is 0 Å². The van der Waals surface area contributed by atoms with E-state index < -0.39 is 5.97 Å². The number of nitrogens with zero attached hydrogens (tertiary/aromatic N) is 1. The molecule has 3 nitrogen and oxygen atoms in total. The molecule has 1 fully saturated rings. The minimum Gasteiger partial charge on any atom is -0.481 e. The minimum atomic E-state index is -0.600. The molecule has 0 radical (unpaired) electrons. The molecule has 0 aromatic heterocycles. The van der Waals surface area contributed by atoms with Crippen molar-refractivity contribution >= 4 is 5.97 Å².